The van der Waals surface area contributed by atoms with Crippen molar-refractivity contribution in [2.75, 3.05) is 11.9 Å². The van der Waals surface area contributed by atoms with Crippen LogP contribution in [-0.2, 0) is 6.61 Å². The lowest BCUT2D eigenvalue weighted by molar-refractivity contribution is -0.384. The molecule has 0 aliphatic rings. The minimum absolute atomic E-state index is 0.0730. The summed E-state index contributed by atoms with van der Waals surface area (Å²) in [6, 6.07) is 10.0. The number of rotatable bonds is 7. The van der Waals surface area contributed by atoms with Crippen molar-refractivity contribution in [3.63, 3.8) is 0 Å². The fourth-order valence-electron chi connectivity index (χ4n) is 2.02. The molecule has 0 saturated carbocycles. The highest BCUT2D eigenvalue weighted by Gasteiger charge is 2.15. The lowest BCUT2D eigenvalue weighted by atomic mass is 10.1. The van der Waals surface area contributed by atoms with Crippen molar-refractivity contribution in [1.29, 1.82) is 0 Å². The second-order valence-corrected chi connectivity index (χ2v) is 5.03. The average Bonchev–Trinajstić information content (AvgIpc) is 2.54. The molecule has 2 rings (SSSR count). The van der Waals surface area contributed by atoms with Gasteiger partial charge in [0.25, 0.3) is 5.69 Å². The minimum Gasteiger partial charge on any atom is -0.489 e. The van der Waals surface area contributed by atoms with Gasteiger partial charge in [-0.1, -0.05) is 0 Å². The Morgan fingerprint density at radius 1 is 1.30 bits per heavy atom. The van der Waals surface area contributed by atoms with E-state index in [4.69, 9.17) is 9.84 Å². The SMILES string of the molecule is CC(CNc1cc(CO)ccc1[N+](=O)[O-])Oc1ccc(F)cc1. The number of halogens is 1. The van der Waals surface area contributed by atoms with Crippen LogP contribution in [-0.4, -0.2) is 22.7 Å². The van der Waals surface area contributed by atoms with Gasteiger partial charge in [-0.2, -0.15) is 0 Å². The molecule has 23 heavy (non-hydrogen) atoms. The summed E-state index contributed by atoms with van der Waals surface area (Å²) in [5, 5.41) is 23.1. The smallest absolute Gasteiger partial charge is 0.292 e. The van der Waals surface area contributed by atoms with Crippen molar-refractivity contribution in [2.45, 2.75) is 19.6 Å². The number of aliphatic hydroxyl groups excluding tert-OH is 1. The number of hydrogen-bond acceptors (Lipinski definition) is 5. The van der Waals surface area contributed by atoms with E-state index in [-0.39, 0.29) is 24.2 Å². The van der Waals surface area contributed by atoms with E-state index in [0.29, 0.717) is 23.5 Å². The number of benzene rings is 2. The number of ether oxygens (including phenoxy) is 1. The van der Waals surface area contributed by atoms with E-state index >= 15 is 0 Å². The first-order valence-electron chi connectivity index (χ1n) is 7.04. The Bertz CT molecular complexity index is 676. The van der Waals surface area contributed by atoms with Crippen molar-refractivity contribution < 1.29 is 19.2 Å². The van der Waals surface area contributed by atoms with Gasteiger partial charge in [-0.05, 0) is 48.9 Å². The number of anilines is 1. The summed E-state index contributed by atoms with van der Waals surface area (Å²) >= 11 is 0. The van der Waals surface area contributed by atoms with Crippen LogP contribution in [0.2, 0.25) is 0 Å². The molecule has 0 radical (unpaired) electrons. The Morgan fingerprint density at radius 2 is 2.00 bits per heavy atom. The quantitative estimate of drug-likeness (QED) is 0.605. The lowest BCUT2D eigenvalue weighted by Crippen LogP contribution is -2.23. The summed E-state index contributed by atoms with van der Waals surface area (Å²) in [7, 11) is 0. The first kappa shape index (κ1) is 16.7. The Kier molecular flexibility index (Phi) is 5.48. The van der Waals surface area contributed by atoms with E-state index in [1.54, 1.807) is 6.92 Å². The Hall–Kier alpha value is -2.67. The van der Waals surface area contributed by atoms with Crippen LogP contribution in [0.25, 0.3) is 0 Å². The Balaban J connectivity index is 2.01. The molecule has 2 N–H and O–H groups in total. The molecule has 0 spiro atoms. The highest BCUT2D eigenvalue weighted by atomic mass is 19.1. The summed E-state index contributed by atoms with van der Waals surface area (Å²) in [4.78, 5) is 10.5. The number of hydrogen-bond donors (Lipinski definition) is 2. The molecule has 0 heterocycles. The third-order valence-corrected chi connectivity index (χ3v) is 3.17. The maximum Gasteiger partial charge on any atom is 0.292 e. The molecule has 2 aromatic carbocycles. The molecule has 1 unspecified atom stereocenters. The molecule has 0 aliphatic carbocycles. The summed E-state index contributed by atoms with van der Waals surface area (Å²) in [6.45, 7) is 1.90. The molecule has 2 aromatic rings. The number of nitro benzene ring substituents is 1. The number of aliphatic hydroxyl groups is 1. The highest BCUT2D eigenvalue weighted by molar-refractivity contribution is 5.62. The molecular weight excluding hydrogens is 303 g/mol. The third kappa shape index (κ3) is 4.65. The largest absolute Gasteiger partial charge is 0.489 e. The molecule has 0 aromatic heterocycles. The summed E-state index contributed by atoms with van der Waals surface area (Å²) in [5.74, 6) is 0.166. The van der Waals surface area contributed by atoms with E-state index in [1.165, 1.54) is 42.5 Å². The van der Waals surface area contributed by atoms with Crippen LogP contribution in [0.3, 0.4) is 0 Å². The maximum atomic E-state index is 12.8. The van der Waals surface area contributed by atoms with E-state index in [1.807, 2.05) is 0 Å². The maximum absolute atomic E-state index is 12.8. The Morgan fingerprint density at radius 3 is 2.61 bits per heavy atom. The number of nitro groups is 1. The molecule has 1 atom stereocenters. The van der Waals surface area contributed by atoms with Gasteiger partial charge in [-0.3, -0.25) is 10.1 Å². The lowest BCUT2D eigenvalue weighted by Gasteiger charge is -2.16. The molecule has 7 heteroatoms. The first-order valence-corrected chi connectivity index (χ1v) is 7.04. The molecule has 122 valence electrons. The molecular formula is C16H17FN2O4. The second kappa shape index (κ2) is 7.55. The molecule has 0 bridgehead atoms. The Labute approximate surface area is 132 Å². The van der Waals surface area contributed by atoms with E-state index in [9.17, 15) is 14.5 Å². The van der Waals surface area contributed by atoms with Gasteiger partial charge < -0.3 is 15.2 Å². The topological polar surface area (TPSA) is 84.6 Å². The zero-order valence-corrected chi connectivity index (χ0v) is 12.5. The molecule has 0 saturated heterocycles. The van der Waals surface area contributed by atoms with Gasteiger partial charge in [0.15, 0.2) is 0 Å². The normalized spacial score (nSPS) is 11.8. The van der Waals surface area contributed by atoms with Gasteiger partial charge in [0.05, 0.1) is 18.1 Å². The van der Waals surface area contributed by atoms with Gasteiger partial charge in [-0.15, -0.1) is 0 Å². The van der Waals surface area contributed by atoms with Crippen molar-refractivity contribution in [3.8, 4) is 5.75 Å². The zero-order valence-electron chi connectivity index (χ0n) is 12.5. The van der Waals surface area contributed by atoms with E-state index in [0.717, 1.165) is 0 Å². The van der Waals surface area contributed by atoms with Crippen LogP contribution in [0.15, 0.2) is 42.5 Å². The predicted octanol–water partition coefficient (Wildman–Crippen LogP) is 3.11. The van der Waals surface area contributed by atoms with Gasteiger partial charge >= 0.3 is 0 Å². The van der Waals surface area contributed by atoms with Crippen LogP contribution in [0.4, 0.5) is 15.8 Å². The van der Waals surface area contributed by atoms with Gasteiger partial charge in [0.2, 0.25) is 0 Å². The van der Waals surface area contributed by atoms with Crippen molar-refractivity contribution in [3.05, 3.63) is 64.0 Å². The summed E-state index contributed by atoms with van der Waals surface area (Å²) < 4.78 is 18.4. The standard InChI is InChI=1S/C16H17FN2O4/c1-11(23-14-5-3-13(17)4-6-14)9-18-15-8-12(10-20)2-7-16(15)19(21)22/h2-8,11,18,20H,9-10H2,1H3. The van der Waals surface area contributed by atoms with Crippen LogP contribution in [0.5, 0.6) is 5.75 Å². The number of nitrogens with one attached hydrogen (secondary N) is 1. The van der Waals surface area contributed by atoms with Gasteiger partial charge in [0.1, 0.15) is 23.4 Å². The second-order valence-electron chi connectivity index (χ2n) is 5.03. The predicted molar refractivity (Wildman–Crippen MR) is 84.0 cm³/mol. The van der Waals surface area contributed by atoms with Crippen molar-refractivity contribution in [2.24, 2.45) is 0 Å². The first-order chi connectivity index (χ1) is 11.0. The fourth-order valence-corrected chi connectivity index (χ4v) is 2.02. The molecule has 0 aliphatic heterocycles. The van der Waals surface area contributed by atoms with E-state index < -0.39 is 4.92 Å². The monoisotopic (exact) mass is 320 g/mol. The van der Waals surface area contributed by atoms with Crippen LogP contribution in [0, 0.1) is 15.9 Å². The average molecular weight is 320 g/mol. The van der Waals surface area contributed by atoms with E-state index in [2.05, 4.69) is 5.32 Å². The fraction of sp³-hybridized carbons (Fsp3) is 0.250. The van der Waals surface area contributed by atoms with Crippen molar-refractivity contribution in [1.82, 2.24) is 0 Å². The third-order valence-electron chi connectivity index (χ3n) is 3.17. The summed E-state index contributed by atoms with van der Waals surface area (Å²) in [5.41, 5.74) is 0.817. The van der Waals surface area contributed by atoms with Gasteiger partial charge in [-0.25, -0.2) is 4.39 Å². The van der Waals surface area contributed by atoms with Crippen LogP contribution in [0.1, 0.15) is 12.5 Å². The molecule has 6 nitrogen and oxygen atoms in total. The minimum atomic E-state index is -0.491. The molecule has 0 fully saturated rings. The van der Waals surface area contributed by atoms with Crippen LogP contribution >= 0.6 is 0 Å². The highest BCUT2D eigenvalue weighted by Crippen LogP contribution is 2.25. The van der Waals surface area contributed by atoms with Crippen LogP contribution < -0.4 is 10.1 Å². The number of nitrogens with zero attached hydrogens (tertiary/aromatic N) is 1. The van der Waals surface area contributed by atoms with Gasteiger partial charge in [0, 0.05) is 6.07 Å². The summed E-state index contributed by atoms with van der Waals surface area (Å²) in [6.07, 6.45) is -0.294. The molecule has 0 amide bonds. The van der Waals surface area contributed by atoms with Crippen molar-refractivity contribution >= 4 is 11.4 Å². The zero-order chi connectivity index (χ0) is 16.8.